The fourth-order valence-corrected chi connectivity index (χ4v) is 0.783. The highest BCUT2D eigenvalue weighted by atomic mass is 16.1. The monoisotopic (exact) mass is 167 g/mol. The molecule has 0 heterocycles. The van der Waals surface area contributed by atoms with Crippen molar-refractivity contribution in [3.8, 4) is 0 Å². The molecule has 0 saturated heterocycles. The molecule has 0 aliphatic heterocycles. The molecule has 0 aliphatic rings. The van der Waals surface area contributed by atoms with Crippen LogP contribution in [0, 0.1) is 0 Å². The molecule has 0 aliphatic carbocycles. The van der Waals surface area contributed by atoms with E-state index in [1.165, 1.54) is 6.08 Å². The van der Waals surface area contributed by atoms with Crippen LogP contribution >= 0.6 is 0 Å². The van der Waals surface area contributed by atoms with Crippen molar-refractivity contribution in [2.45, 2.75) is 20.3 Å². The molecular weight excluding hydrogens is 150 g/mol. The van der Waals surface area contributed by atoms with E-state index >= 15 is 0 Å². The molecule has 0 N–H and O–H groups in total. The average Bonchev–Trinajstić information content (AvgIpc) is 2.11. The SMILES string of the molecule is CCC(C=C=O)=CCN(C)CC. The van der Waals surface area contributed by atoms with Crippen LogP contribution in [0.15, 0.2) is 17.7 Å². The zero-order chi connectivity index (χ0) is 9.40. The molecular formula is C10H17NO. The Morgan fingerprint density at radius 1 is 1.50 bits per heavy atom. The minimum absolute atomic E-state index is 0.896. The highest BCUT2D eigenvalue weighted by molar-refractivity contribution is 5.52. The molecule has 0 radical (unpaired) electrons. The lowest BCUT2D eigenvalue weighted by molar-refractivity contribution is 0.391. The van der Waals surface area contributed by atoms with E-state index in [9.17, 15) is 4.79 Å². The third-order valence-corrected chi connectivity index (χ3v) is 1.86. The van der Waals surface area contributed by atoms with E-state index in [0.717, 1.165) is 25.1 Å². The van der Waals surface area contributed by atoms with Crippen molar-refractivity contribution >= 4 is 5.94 Å². The quantitative estimate of drug-likeness (QED) is 0.458. The third-order valence-electron chi connectivity index (χ3n) is 1.86. The predicted molar refractivity (Wildman–Crippen MR) is 51.8 cm³/mol. The minimum atomic E-state index is 0.896. The molecule has 2 heteroatoms. The number of hydrogen-bond donors (Lipinski definition) is 0. The summed E-state index contributed by atoms with van der Waals surface area (Å²) in [6.07, 6.45) is 4.46. The first kappa shape index (κ1) is 11.2. The summed E-state index contributed by atoms with van der Waals surface area (Å²) in [5.41, 5.74) is 1.06. The van der Waals surface area contributed by atoms with Gasteiger partial charge in [-0.15, -0.1) is 0 Å². The Balaban J connectivity index is 4.01. The summed E-state index contributed by atoms with van der Waals surface area (Å²) < 4.78 is 0. The standard InChI is InChI=1S/C10H17NO/c1-4-10(7-9-12)6-8-11(3)5-2/h6-7H,4-5,8H2,1-3H3. The zero-order valence-electron chi connectivity index (χ0n) is 8.13. The van der Waals surface area contributed by atoms with Gasteiger partial charge in [0.25, 0.3) is 0 Å². The van der Waals surface area contributed by atoms with Gasteiger partial charge in [-0.25, -0.2) is 4.79 Å². The van der Waals surface area contributed by atoms with E-state index in [4.69, 9.17) is 0 Å². The molecule has 0 spiro atoms. The van der Waals surface area contributed by atoms with Crippen molar-refractivity contribution in [3.05, 3.63) is 17.7 Å². The van der Waals surface area contributed by atoms with Crippen LogP contribution in [-0.2, 0) is 4.79 Å². The maximum absolute atomic E-state index is 10.1. The summed E-state index contributed by atoms with van der Waals surface area (Å²) in [4.78, 5) is 12.2. The summed E-state index contributed by atoms with van der Waals surface area (Å²) in [5.74, 6) is 1.80. The molecule has 12 heavy (non-hydrogen) atoms. The van der Waals surface area contributed by atoms with Gasteiger partial charge in [0.2, 0.25) is 0 Å². The molecule has 0 amide bonds. The summed E-state index contributed by atoms with van der Waals surface area (Å²) in [5, 5.41) is 0. The lowest BCUT2D eigenvalue weighted by atomic mass is 10.2. The molecule has 0 aromatic carbocycles. The van der Waals surface area contributed by atoms with Crippen molar-refractivity contribution in [1.82, 2.24) is 4.90 Å². The Morgan fingerprint density at radius 2 is 2.17 bits per heavy atom. The molecule has 0 saturated carbocycles. The van der Waals surface area contributed by atoms with Crippen molar-refractivity contribution < 1.29 is 4.79 Å². The van der Waals surface area contributed by atoms with Gasteiger partial charge in [-0.1, -0.05) is 19.9 Å². The van der Waals surface area contributed by atoms with Crippen LogP contribution in [-0.4, -0.2) is 31.0 Å². The first-order valence-corrected chi connectivity index (χ1v) is 4.33. The smallest absolute Gasteiger partial charge is 0.124 e. The van der Waals surface area contributed by atoms with Gasteiger partial charge >= 0.3 is 0 Å². The normalized spacial score (nSPS) is 11.5. The van der Waals surface area contributed by atoms with Crippen LogP contribution in [0.4, 0.5) is 0 Å². The van der Waals surface area contributed by atoms with Crippen LogP contribution in [0.25, 0.3) is 0 Å². The second-order valence-electron chi connectivity index (χ2n) is 2.75. The van der Waals surface area contributed by atoms with E-state index in [-0.39, 0.29) is 0 Å². The Labute approximate surface area is 74.6 Å². The van der Waals surface area contributed by atoms with Gasteiger partial charge in [0.05, 0.1) is 0 Å². The van der Waals surface area contributed by atoms with Gasteiger partial charge in [-0.3, -0.25) is 0 Å². The summed E-state index contributed by atoms with van der Waals surface area (Å²) in [7, 11) is 2.05. The Morgan fingerprint density at radius 3 is 2.58 bits per heavy atom. The zero-order valence-corrected chi connectivity index (χ0v) is 8.13. The van der Waals surface area contributed by atoms with Gasteiger partial charge in [-0.05, 0) is 25.6 Å². The maximum atomic E-state index is 10.1. The average molecular weight is 167 g/mol. The Bertz CT molecular complexity index is 190. The lowest BCUT2D eigenvalue weighted by Gasteiger charge is -2.10. The predicted octanol–water partition coefficient (Wildman–Crippen LogP) is 1.66. The van der Waals surface area contributed by atoms with Crippen molar-refractivity contribution in [2.75, 3.05) is 20.1 Å². The van der Waals surface area contributed by atoms with E-state index in [1.807, 2.05) is 6.92 Å². The number of likely N-dealkylation sites (N-methyl/N-ethyl adjacent to an activating group) is 1. The van der Waals surface area contributed by atoms with Crippen LogP contribution in [0.1, 0.15) is 20.3 Å². The Hall–Kier alpha value is -0.850. The van der Waals surface area contributed by atoms with Crippen LogP contribution < -0.4 is 0 Å². The Kier molecular flexibility index (Phi) is 6.35. The molecule has 0 aromatic rings. The van der Waals surface area contributed by atoms with Crippen LogP contribution in [0.5, 0.6) is 0 Å². The van der Waals surface area contributed by atoms with Gasteiger partial charge in [0, 0.05) is 12.6 Å². The molecule has 68 valence electrons. The fraction of sp³-hybridized carbons (Fsp3) is 0.600. The largest absolute Gasteiger partial charge is 0.303 e. The molecule has 0 rings (SSSR count). The van der Waals surface area contributed by atoms with Crippen molar-refractivity contribution in [1.29, 1.82) is 0 Å². The van der Waals surface area contributed by atoms with E-state index in [0.29, 0.717) is 0 Å². The second kappa shape index (κ2) is 6.84. The topological polar surface area (TPSA) is 20.3 Å². The molecule has 0 aromatic heterocycles. The number of carbonyl (C=O) groups excluding carboxylic acids is 1. The van der Waals surface area contributed by atoms with Crippen LogP contribution in [0.2, 0.25) is 0 Å². The van der Waals surface area contributed by atoms with E-state index in [2.05, 4.69) is 24.9 Å². The van der Waals surface area contributed by atoms with Gasteiger partial charge in [0.1, 0.15) is 5.94 Å². The van der Waals surface area contributed by atoms with Crippen molar-refractivity contribution in [2.24, 2.45) is 0 Å². The van der Waals surface area contributed by atoms with Gasteiger partial charge in [0.15, 0.2) is 0 Å². The summed E-state index contributed by atoms with van der Waals surface area (Å²) >= 11 is 0. The first-order valence-electron chi connectivity index (χ1n) is 4.33. The highest BCUT2D eigenvalue weighted by Crippen LogP contribution is 2.00. The summed E-state index contributed by atoms with van der Waals surface area (Å²) in [6, 6.07) is 0. The summed E-state index contributed by atoms with van der Waals surface area (Å²) in [6.45, 7) is 6.07. The second-order valence-corrected chi connectivity index (χ2v) is 2.75. The number of allylic oxidation sites excluding steroid dienone is 2. The third kappa shape index (κ3) is 4.89. The van der Waals surface area contributed by atoms with Gasteiger partial charge in [-0.2, -0.15) is 0 Å². The molecule has 0 fully saturated rings. The minimum Gasteiger partial charge on any atom is -0.303 e. The van der Waals surface area contributed by atoms with Crippen LogP contribution in [0.3, 0.4) is 0 Å². The lowest BCUT2D eigenvalue weighted by Crippen LogP contribution is -2.17. The van der Waals surface area contributed by atoms with Crippen molar-refractivity contribution in [3.63, 3.8) is 0 Å². The molecule has 0 unspecified atom stereocenters. The number of rotatable bonds is 5. The van der Waals surface area contributed by atoms with E-state index < -0.39 is 0 Å². The number of hydrogen-bond acceptors (Lipinski definition) is 2. The van der Waals surface area contributed by atoms with E-state index in [1.54, 1.807) is 5.94 Å². The van der Waals surface area contributed by atoms with Gasteiger partial charge < -0.3 is 4.90 Å². The fourth-order valence-electron chi connectivity index (χ4n) is 0.783. The highest BCUT2D eigenvalue weighted by Gasteiger charge is 1.91. The molecule has 2 nitrogen and oxygen atoms in total. The molecule has 0 atom stereocenters. The first-order chi connectivity index (χ1) is 5.74. The molecule has 0 bridgehead atoms. The maximum Gasteiger partial charge on any atom is 0.124 e. The number of nitrogens with zero attached hydrogens (tertiary/aromatic N) is 1.